The Hall–Kier alpha value is -4.64. The van der Waals surface area contributed by atoms with E-state index in [0.717, 1.165) is 17.7 Å². The normalized spacial score (nSPS) is 12.5. The molecule has 16 heteroatoms. The number of nitrogens with zero attached hydrogens (tertiary/aromatic N) is 5. The summed E-state index contributed by atoms with van der Waals surface area (Å²) in [6.45, 7) is 6.17. The number of sulfonamides is 1. The summed E-state index contributed by atoms with van der Waals surface area (Å²) in [4.78, 5) is -0.249. The molecule has 5 N–H and O–H groups in total. The highest BCUT2D eigenvalue weighted by Crippen LogP contribution is 2.43. The van der Waals surface area contributed by atoms with Crippen molar-refractivity contribution >= 4 is 59.4 Å². The number of phenols is 1. The topological polar surface area (TPSA) is 209 Å². The first-order valence-corrected chi connectivity index (χ1v) is 16.1. The van der Waals surface area contributed by atoms with Gasteiger partial charge < -0.3 is 21.0 Å². The summed E-state index contributed by atoms with van der Waals surface area (Å²) in [5.74, 6) is 5.16. The Balaban J connectivity index is 1.65. The van der Waals surface area contributed by atoms with E-state index in [4.69, 9.17) is 10.6 Å². The molecule has 0 bridgehead atoms. The summed E-state index contributed by atoms with van der Waals surface area (Å²) in [7, 11) is -6.68. The number of anilines is 2. The molecular weight excluding hydrogens is 610 g/mol. The molecule has 14 nitrogen and oxygen atoms in total. The van der Waals surface area contributed by atoms with Crippen molar-refractivity contribution in [3.05, 3.63) is 66.2 Å². The van der Waals surface area contributed by atoms with Gasteiger partial charge in [-0.1, -0.05) is 25.1 Å². The third-order valence-corrected chi connectivity index (χ3v) is 9.65. The van der Waals surface area contributed by atoms with E-state index < -0.39 is 25.0 Å². The second-order valence-electron chi connectivity index (χ2n) is 9.44. The van der Waals surface area contributed by atoms with Crippen molar-refractivity contribution in [2.45, 2.75) is 30.6 Å². The van der Waals surface area contributed by atoms with Crippen molar-refractivity contribution in [1.29, 1.82) is 0 Å². The predicted octanol–water partition coefficient (Wildman–Crippen LogP) is 6.26. The number of ether oxygens (including phenoxy) is 1. The third kappa shape index (κ3) is 6.62. The smallest absolute Gasteiger partial charge is 0.294 e. The second kappa shape index (κ2) is 12.9. The van der Waals surface area contributed by atoms with E-state index in [2.05, 4.69) is 25.9 Å². The van der Waals surface area contributed by atoms with E-state index in [9.17, 15) is 26.5 Å². The summed E-state index contributed by atoms with van der Waals surface area (Å²) in [5.41, 5.74) is 2.39. The van der Waals surface area contributed by atoms with Crippen LogP contribution in [0.15, 0.2) is 91.0 Å². The molecule has 0 atom stereocenters. The number of nitrogens with two attached hydrogens (primary N) is 1. The molecular formula is C28H31N7O7S2. The van der Waals surface area contributed by atoms with Crippen LogP contribution in [0.4, 0.5) is 28.4 Å². The van der Waals surface area contributed by atoms with E-state index >= 15 is 0 Å². The second-order valence-corrected chi connectivity index (χ2v) is 12.8. The lowest BCUT2D eigenvalue weighted by Gasteiger charge is -2.19. The van der Waals surface area contributed by atoms with Crippen LogP contribution in [-0.2, 0) is 20.1 Å². The number of hydrogen-bond acceptors (Lipinski definition) is 11. The van der Waals surface area contributed by atoms with Crippen LogP contribution in [0.2, 0.25) is 0 Å². The molecule has 4 rings (SSSR count). The molecule has 0 aliphatic carbocycles. The highest BCUT2D eigenvalue weighted by Gasteiger charge is 2.21. The lowest BCUT2D eigenvalue weighted by Crippen LogP contribution is -2.30. The molecule has 0 aromatic heterocycles. The van der Waals surface area contributed by atoms with Gasteiger partial charge in [-0.2, -0.15) is 12.7 Å². The number of benzene rings is 4. The number of azo groups is 1. The van der Waals surface area contributed by atoms with Crippen molar-refractivity contribution in [3.63, 3.8) is 0 Å². The van der Waals surface area contributed by atoms with Crippen molar-refractivity contribution < 1.29 is 31.2 Å². The molecule has 4 aromatic carbocycles. The molecule has 0 aliphatic heterocycles. The number of rotatable bonds is 11. The number of nitrogens with one attached hydrogen (secondary N) is 1. The minimum absolute atomic E-state index is 0.0345. The Kier molecular flexibility index (Phi) is 9.48. The molecule has 0 saturated carbocycles. The van der Waals surface area contributed by atoms with Gasteiger partial charge in [0, 0.05) is 30.5 Å². The average molecular weight is 642 g/mol. The Bertz CT molecular complexity index is 1980. The molecule has 0 aliphatic rings. The number of aromatic hydroxyl groups is 1. The van der Waals surface area contributed by atoms with Gasteiger partial charge in [-0.05, 0) is 66.4 Å². The standard InChI is InChI=1S/C28H31N7O7S2/c1-5-35(6-2)43(37,38)20-10-8-19(9-11-20)30-23-16-26(42-4)24(13-17(23)3)32-31-22-12-7-18-14-21(44(39,40)41)15-25(33-34-29)27(18)28(22)36/h7-16,30,36H,5-6H2,1-4H3,(H2,29,33)(H,39,40,41). The van der Waals surface area contributed by atoms with E-state index in [1.54, 1.807) is 50.2 Å². The van der Waals surface area contributed by atoms with Gasteiger partial charge in [0.2, 0.25) is 10.0 Å². The van der Waals surface area contributed by atoms with Gasteiger partial charge in [0.15, 0.2) is 5.75 Å². The summed E-state index contributed by atoms with van der Waals surface area (Å²) in [5, 5.41) is 29.8. The van der Waals surface area contributed by atoms with Crippen LogP contribution in [0.25, 0.3) is 10.8 Å². The Morgan fingerprint density at radius 2 is 1.52 bits per heavy atom. The van der Waals surface area contributed by atoms with Crippen molar-refractivity contribution in [3.8, 4) is 11.5 Å². The van der Waals surface area contributed by atoms with Crippen molar-refractivity contribution in [2.75, 3.05) is 25.5 Å². The molecule has 0 unspecified atom stereocenters. The zero-order chi connectivity index (χ0) is 32.2. The van der Waals surface area contributed by atoms with Crippen molar-refractivity contribution in [2.24, 2.45) is 26.4 Å². The first-order valence-electron chi connectivity index (χ1n) is 13.2. The summed E-state index contributed by atoms with van der Waals surface area (Å²) >= 11 is 0. The SMILES string of the molecule is CCN(CC)S(=O)(=O)c1ccc(Nc2cc(OC)c(N=Nc3ccc4cc(S(=O)(=O)O)cc(N=NN)c4c3O)cc2C)cc1. The van der Waals surface area contributed by atoms with Gasteiger partial charge in [-0.25, -0.2) is 8.42 Å². The molecule has 232 valence electrons. The first kappa shape index (κ1) is 32.3. The number of phenolic OH excluding ortho intramolecular Hbond substituents is 1. The fourth-order valence-electron chi connectivity index (χ4n) is 4.49. The van der Waals surface area contributed by atoms with E-state index in [1.807, 2.05) is 6.92 Å². The molecule has 0 fully saturated rings. The van der Waals surface area contributed by atoms with Crippen LogP contribution >= 0.6 is 0 Å². The first-order chi connectivity index (χ1) is 20.8. The fourth-order valence-corrected chi connectivity index (χ4v) is 6.49. The van der Waals surface area contributed by atoms with Crippen LogP contribution in [0, 0.1) is 6.92 Å². The van der Waals surface area contributed by atoms with Crippen LogP contribution in [0.1, 0.15) is 19.4 Å². The Labute approximate surface area is 254 Å². The maximum Gasteiger partial charge on any atom is 0.294 e. The maximum absolute atomic E-state index is 12.8. The van der Waals surface area contributed by atoms with E-state index in [-0.39, 0.29) is 32.8 Å². The lowest BCUT2D eigenvalue weighted by atomic mass is 10.1. The van der Waals surface area contributed by atoms with Crippen LogP contribution in [-0.4, -0.2) is 51.0 Å². The third-order valence-electron chi connectivity index (χ3n) is 6.75. The minimum Gasteiger partial charge on any atom is -0.505 e. The van der Waals surface area contributed by atoms with Gasteiger partial charge in [-0.3, -0.25) is 4.55 Å². The maximum atomic E-state index is 12.8. The van der Waals surface area contributed by atoms with Crippen LogP contribution < -0.4 is 15.9 Å². The zero-order valence-corrected chi connectivity index (χ0v) is 25.9. The van der Waals surface area contributed by atoms with Crippen LogP contribution in [0.5, 0.6) is 11.5 Å². The van der Waals surface area contributed by atoms with Gasteiger partial charge in [0.1, 0.15) is 22.8 Å². The Morgan fingerprint density at radius 3 is 2.11 bits per heavy atom. The highest BCUT2D eigenvalue weighted by molar-refractivity contribution is 7.89. The molecule has 44 heavy (non-hydrogen) atoms. The largest absolute Gasteiger partial charge is 0.505 e. The molecule has 0 radical (unpaired) electrons. The van der Waals surface area contributed by atoms with Gasteiger partial charge >= 0.3 is 0 Å². The number of methoxy groups -OCH3 is 1. The number of fused-ring (bicyclic) bond motifs is 1. The monoisotopic (exact) mass is 641 g/mol. The predicted molar refractivity (Wildman–Crippen MR) is 166 cm³/mol. The Morgan fingerprint density at radius 1 is 0.864 bits per heavy atom. The van der Waals surface area contributed by atoms with Gasteiger partial charge in [0.05, 0.1) is 22.3 Å². The summed E-state index contributed by atoms with van der Waals surface area (Å²) in [6.07, 6.45) is 0. The zero-order valence-electron chi connectivity index (χ0n) is 24.3. The highest BCUT2D eigenvalue weighted by atomic mass is 32.2. The summed E-state index contributed by atoms with van der Waals surface area (Å²) in [6, 6.07) is 14.9. The van der Waals surface area contributed by atoms with E-state index in [1.165, 1.54) is 23.5 Å². The lowest BCUT2D eigenvalue weighted by molar-refractivity contribution is 0.416. The minimum atomic E-state index is -4.56. The van der Waals surface area contributed by atoms with Gasteiger partial charge in [-0.15, -0.1) is 15.3 Å². The van der Waals surface area contributed by atoms with Gasteiger partial charge in [0.25, 0.3) is 10.1 Å². The van der Waals surface area contributed by atoms with Crippen molar-refractivity contribution in [1.82, 2.24) is 4.31 Å². The van der Waals surface area contributed by atoms with Crippen LogP contribution in [0.3, 0.4) is 0 Å². The molecule has 4 aromatic rings. The fraction of sp³-hybridized carbons (Fsp3) is 0.214. The number of aryl methyl sites for hydroxylation is 1. The van der Waals surface area contributed by atoms with E-state index in [0.29, 0.717) is 35.9 Å². The quantitative estimate of drug-likeness (QED) is 0.0630. The molecule has 0 amide bonds. The molecule has 0 spiro atoms. The average Bonchev–Trinajstić information content (AvgIpc) is 2.98. The number of hydrogen-bond donors (Lipinski definition) is 4. The molecule has 0 saturated heterocycles. The summed E-state index contributed by atoms with van der Waals surface area (Å²) < 4.78 is 65.3. The molecule has 0 heterocycles.